The number of carbonyl (C=O) groups excluding carboxylic acids is 2. The minimum atomic E-state index is -0.324. The van der Waals surface area contributed by atoms with Crippen LogP contribution in [0.2, 0.25) is 0 Å². The van der Waals surface area contributed by atoms with Crippen LogP contribution in [0.3, 0.4) is 0 Å². The van der Waals surface area contributed by atoms with Gasteiger partial charge in [-0.1, -0.05) is 35.5 Å². The lowest BCUT2D eigenvalue weighted by atomic mass is 10.1. The third-order valence-electron chi connectivity index (χ3n) is 3.61. The zero-order chi connectivity index (χ0) is 18.5. The molecule has 3 rings (SSSR count). The SMILES string of the molecule is Cc1ccc(-n2ccnc2SCC(=O)NNC(=O)c2cccs2)c(C)c1. The van der Waals surface area contributed by atoms with Crippen LogP contribution < -0.4 is 10.9 Å². The number of hydrogen-bond donors (Lipinski definition) is 2. The number of amides is 2. The van der Waals surface area contributed by atoms with Crippen molar-refractivity contribution in [2.24, 2.45) is 0 Å². The van der Waals surface area contributed by atoms with Gasteiger partial charge in [0.15, 0.2) is 5.16 Å². The van der Waals surface area contributed by atoms with E-state index < -0.39 is 0 Å². The summed E-state index contributed by atoms with van der Waals surface area (Å²) in [7, 11) is 0. The Balaban J connectivity index is 1.58. The van der Waals surface area contributed by atoms with Crippen LogP contribution in [0.15, 0.2) is 53.3 Å². The second kappa shape index (κ2) is 8.20. The van der Waals surface area contributed by atoms with Gasteiger partial charge in [-0.05, 0) is 36.9 Å². The summed E-state index contributed by atoms with van der Waals surface area (Å²) in [5, 5.41) is 2.52. The molecule has 0 saturated carbocycles. The van der Waals surface area contributed by atoms with E-state index in [1.54, 1.807) is 23.7 Å². The number of aromatic nitrogens is 2. The normalized spacial score (nSPS) is 10.5. The molecule has 0 saturated heterocycles. The molecular weight excluding hydrogens is 368 g/mol. The second-order valence-electron chi connectivity index (χ2n) is 5.64. The minimum absolute atomic E-state index is 0.145. The largest absolute Gasteiger partial charge is 0.295 e. The fraction of sp³-hybridized carbons (Fsp3) is 0.167. The van der Waals surface area contributed by atoms with Crippen molar-refractivity contribution >= 4 is 34.9 Å². The van der Waals surface area contributed by atoms with Crippen molar-refractivity contribution in [1.82, 2.24) is 20.4 Å². The highest BCUT2D eigenvalue weighted by Gasteiger charge is 2.12. The van der Waals surface area contributed by atoms with Gasteiger partial charge in [0, 0.05) is 12.4 Å². The summed E-state index contributed by atoms with van der Waals surface area (Å²) >= 11 is 2.62. The second-order valence-corrected chi connectivity index (χ2v) is 7.53. The average molecular weight is 387 g/mol. The Bertz CT molecular complexity index is 919. The topological polar surface area (TPSA) is 76.0 Å². The van der Waals surface area contributed by atoms with Crippen LogP contribution in [-0.4, -0.2) is 27.1 Å². The van der Waals surface area contributed by atoms with Gasteiger partial charge >= 0.3 is 0 Å². The number of imidazole rings is 1. The maximum atomic E-state index is 12.0. The molecule has 2 aromatic heterocycles. The van der Waals surface area contributed by atoms with E-state index in [1.165, 1.54) is 28.7 Å². The highest BCUT2D eigenvalue weighted by atomic mass is 32.2. The Morgan fingerprint density at radius 3 is 2.81 bits per heavy atom. The van der Waals surface area contributed by atoms with E-state index in [-0.39, 0.29) is 17.6 Å². The Morgan fingerprint density at radius 1 is 1.23 bits per heavy atom. The number of aryl methyl sites for hydroxylation is 2. The Morgan fingerprint density at radius 2 is 2.08 bits per heavy atom. The van der Waals surface area contributed by atoms with Crippen molar-refractivity contribution in [2.45, 2.75) is 19.0 Å². The molecule has 0 bridgehead atoms. The Labute approximate surface area is 159 Å². The quantitative estimate of drug-likeness (QED) is 0.522. The monoisotopic (exact) mass is 386 g/mol. The number of carbonyl (C=O) groups is 2. The predicted molar refractivity (Wildman–Crippen MR) is 104 cm³/mol. The van der Waals surface area contributed by atoms with Gasteiger partial charge < -0.3 is 0 Å². The lowest BCUT2D eigenvalue weighted by molar-refractivity contribution is -0.119. The van der Waals surface area contributed by atoms with Crippen LogP contribution in [0.1, 0.15) is 20.8 Å². The first kappa shape index (κ1) is 18.2. The van der Waals surface area contributed by atoms with Gasteiger partial charge in [0.1, 0.15) is 0 Å². The molecule has 2 heterocycles. The fourth-order valence-corrected chi connectivity index (χ4v) is 3.80. The van der Waals surface area contributed by atoms with Gasteiger partial charge in [0.2, 0.25) is 5.91 Å². The van der Waals surface area contributed by atoms with Gasteiger partial charge in [-0.25, -0.2) is 4.98 Å². The van der Waals surface area contributed by atoms with Crippen molar-refractivity contribution in [1.29, 1.82) is 0 Å². The zero-order valence-corrected chi connectivity index (χ0v) is 16.0. The molecule has 0 aliphatic heterocycles. The van der Waals surface area contributed by atoms with Crippen LogP contribution in [-0.2, 0) is 4.79 Å². The van der Waals surface area contributed by atoms with E-state index in [4.69, 9.17) is 0 Å². The molecule has 3 aromatic rings. The van der Waals surface area contributed by atoms with Crippen molar-refractivity contribution in [3.05, 3.63) is 64.1 Å². The highest BCUT2D eigenvalue weighted by molar-refractivity contribution is 7.99. The number of benzene rings is 1. The first-order valence-electron chi connectivity index (χ1n) is 7.91. The lowest BCUT2D eigenvalue weighted by Gasteiger charge is -2.11. The fourth-order valence-electron chi connectivity index (χ4n) is 2.42. The van der Waals surface area contributed by atoms with E-state index in [0.29, 0.717) is 4.88 Å². The van der Waals surface area contributed by atoms with Crippen LogP contribution in [0.5, 0.6) is 0 Å². The molecule has 6 nitrogen and oxygen atoms in total. The molecule has 0 fully saturated rings. The summed E-state index contributed by atoms with van der Waals surface area (Å²) in [4.78, 5) is 28.7. The van der Waals surface area contributed by atoms with Crippen molar-refractivity contribution in [3.63, 3.8) is 0 Å². The third-order valence-corrected chi connectivity index (χ3v) is 5.45. The molecule has 0 spiro atoms. The van der Waals surface area contributed by atoms with E-state index in [0.717, 1.165) is 16.4 Å². The summed E-state index contributed by atoms with van der Waals surface area (Å²) in [6.07, 6.45) is 3.58. The summed E-state index contributed by atoms with van der Waals surface area (Å²) in [6, 6.07) is 9.67. The van der Waals surface area contributed by atoms with Gasteiger partial charge in [-0.15, -0.1) is 11.3 Å². The lowest BCUT2D eigenvalue weighted by Crippen LogP contribution is -2.42. The Hall–Kier alpha value is -2.58. The third kappa shape index (κ3) is 4.33. The first-order valence-corrected chi connectivity index (χ1v) is 9.77. The molecule has 2 N–H and O–H groups in total. The molecule has 8 heteroatoms. The Kier molecular flexibility index (Phi) is 5.75. The molecule has 0 atom stereocenters. The van der Waals surface area contributed by atoms with Crippen LogP contribution >= 0.6 is 23.1 Å². The smallest absolute Gasteiger partial charge is 0.279 e. The van der Waals surface area contributed by atoms with Crippen molar-refractivity contribution < 1.29 is 9.59 Å². The number of nitrogens with zero attached hydrogens (tertiary/aromatic N) is 2. The average Bonchev–Trinajstić information content (AvgIpc) is 3.29. The highest BCUT2D eigenvalue weighted by Crippen LogP contribution is 2.23. The summed E-state index contributed by atoms with van der Waals surface area (Å²) in [5.74, 6) is -0.475. The van der Waals surface area contributed by atoms with Crippen LogP contribution in [0.25, 0.3) is 5.69 Å². The van der Waals surface area contributed by atoms with Crippen LogP contribution in [0.4, 0.5) is 0 Å². The number of hydrazine groups is 1. The molecule has 0 unspecified atom stereocenters. The number of rotatable bonds is 5. The van der Waals surface area contributed by atoms with Gasteiger partial charge in [-0.3, -0.25) is 25.0 Å². The van der Waals surface area contributed by atoms with E-state index in [9.17, 15) is 9.59 Å². The molecular formula is C18H18N4O2S2. The zero-order valence-electron chi connectivity index (χ0n) is 14.4. The van der Waals surface area contributed by atoms with Gasteiger partial charge in [-0.2, -0.15) is 0 Å². The minimum Gasteiger partial charge on any atom is -0.295 e. The maximum absolute atomic E-state index is 12.0. The molecule has 26 heavy (non-hydrogen) atoms. The standard InChI is InChI=1S/C18H18N4O2S2/c1-12-5-6-14(13(2)10-12)22-8-7-19-18(22)26-11-16(23)20-21-17(24)15-4-3-9-25-15/h3-10H,11H2,1-2H3,(H,20,23)(H,21,24). The first-order chi connectivity index (χ1) is 12.5. The summed E-state index contributed by atoms with van der Waals surface area (Å²) < 4.78 is 1.96. The maximum Gasteiger partial charge on any atom is 0.279 e. The predicted octanol–water partition coefficient (Wildman–Crippen LogP) is 3.10. The molecule has 0 aliphatic rings. The molecule has 134 valence electrons. The van der Waals surface area contributed by atoms with Gasteiger partial charge in [0.05, 0.1) is 16.3 Å². The number of nitrogens with one attached hydrogen (secondary N) is 2. The van der Waals surface area contributed by atoms with E-state index >= 15 is 0 Å². The van der Waals surface area contributed by atoms with Crippen molar-refractivity contribution in [2.75, 3.05) is 5.75 Å². The van der Waals surface area contributed by atoms with Crippen LogP contribution in [0, 0.1) is 13.8 Å². The van der Waals surface area contributed by atoms with Crippen molar-refractivity contribution in [3.8, 4) is 5.69 Å². The summed E-state index contributed by atoms with van der Waals surface area (Å²) in [6.45, 7) is 4.10. The van der Waals surface area contributed by atoms with Gasteiger partial charge in [0.25, 0.3) is 5.91 Å². The van der Waals surface area contributed by atoms with E-state index in [2.05, 4.69) is 28.8 Å². The number of thioether (sulfide) groups is 1. The summed E-state index contributed by atoms with van der Waals surface area (Å²) in [5.41, 5.74) is 8.19. The molecule has 0 aliphatic carbocycles. The molecule has 0 radical (unpaired) electrons. The molecule has 1 aromatic carbocycles. The number of thiophene rings is 1. The molecule has 2 amide bonds. The van der Waals surface area contributed by atoms with E-state index in [1.807, 2.05) is 29.8 Å². The number of hydrogen-bond acceptors (Lipinski definition) is 5.